The van der Waals surface area contributed by atoms with Crippen LogP contribution in [0.5, 0.6) is 0 Å². The fraction of sp³-hybridized carbons (Fsp3) is 0.556. The zero-order chi connectivity index (χ0) is 32.5. The van der Waals surface area contributed by atoms with Crippen LogP contribution in [0.15, 0.2) is 47.5 Å². The Hall–Kier alpha value is -3.12. The lowest BCUT2D eigenvalue weighted by Gasteiger charge is -2.14. The number of hydrogen-bond donors (Lipinski definition) is 2. The average Bonchev–Trinajstić information content (AvgIpc) is 2.93. The molecule has 0 fully saturated rings. The van der Waals surface area contributed by atoms with Crippen molar-refractivity contribution in [2.75, 3.05) is 12.4 Å². The van der Waals surface area contributed by atoms with Gasteiger partial charge in [-0.15, -0.1) is 0 Å². The van der Waals surface area contributed by atoms with E-state index in [1.54, 1.807) is 6.07 Å². The quantitative estimate of drug-likeness (QED) is 0.231. The molecule has 0 radical (unpaired) electrons. The standard InChI is InChI=1S/C16H23N3O2.C9H12.C8H18.C3H6O/c1-5-12(8-11(2)20)16(21)19-14-7-6-13(10-17-3)15(9-14)18-4;1-3-9-6-4-8(2)5-7-9;1-4-6-8(3)7-5-2;1-3(2)4/h6-7,9,12,17H,4-5,8,10H2,1-3H3,(H,19,21);4-7H,3H2,1-2H3;8H,4-7H2,1-3H3;1-2H3. The van der Waals surface area contributed by atoms with Gasteiger partial charge in [-0.3, -0.25) is 9.79 Å². The van der Waals surface area contributed by atoms with Crippen LogP contribution in [0.1, 0.15) is 111 Å². The van der Waals surface area contributed by atoms with E-state index in [1.807, 2.05) is 26.1 Å². The summed E-state index contributed by atoms with van der Waals surface area (Å²) in [5.41, 5.74) is 5.18. The van der Waals surface area contributed by atoms with E-state index in [0.29, 0.717) is 18.7 Å². The fourth-order valence-corrected chi connectivity index (χ4v) is 4.10. The molecule has 0 saturated carbocycles. The first-order valence-corrected chi connectivity index (χ1v) is 15.5. The number of benzene rings is 2. The monoisotopic (exact) mass is 581 g/mol. The summed E-state index contributed by atoms with van der Waals surface area (Å²) in [7, 11) is 1.86. The number of nitrogens with zero attached hydrogens (tertiary/aromatic N) is 1. The Kier molecular flexibility index (Phi) is 25.0. The predicted octanol–water partition coefficient (Wildman–Crippen LogP) is 9.06. The molecule has 0 heterocycles. The van der Waals surface area contributed by atoms with E-state index in [-0.39, 0.29) is 29.8 Å². The third-order valence-corrected chi connectivity index (χ3v) is 6.38. The van der Waals surface area contributed by atoms with Gasteiger partial charge in [0.2, 0.25) is 5.91 Å². The minimum Gasteiger partial charge on any atom is -0.326 e. The second kappa shape index (κ2) is 25.6. The highest BCUT2D eigenvalue weighted by Gasteiger charge is 2.18. The van der Waals surface area contributed by atoms with Gasteiger partial charge in [-0.25, -0.2) is 0 Å². The van der Waals surface area contributed by atoms with Crippen LogP contribution in [-0.2, 0) is 27.3 Å². The zero-order valence-corrected chi connectivity index (χ0v) is 28.2. The van der Waals surface area contributed by atoms with E-state index in [2.05, 4.69) is 81.2 Å². The Morgan fingerprint density at radius 1 is 0.905 bits per heavy atom. The lowest BCUT2D eigenvalue weighted by Crippen LogP contribution is -2.24. The number of anilines is 1. The van der Waals surface area contributed by atoms with Crippen molar-refractivity contribution in [1.29, 1.82) is 0 Å². The number of aryl methyl sites for hydroxylation is 2. The van der Waals surface area contributed by atoms with Crippen molar-refractivity contribution in [3.63, 3.8) is 0 Å². The molecule has 2 aromatic carbocycles. The van der Waals surface area contributed by atoms with E-state index in [4.69, 9.17) is 0 Å². The molecule has 0 aliphatic rings. The van der Waals surface area contributed by atoms with Gasteiger partial charge in [-0.1, -0.05) is 96.2 Å². The number of carbonyl (C=O) groups is 3. The molecule has 0 aliphatic carbocycles. The van der Waals surface area contributed by atoms with Crippen LogP contribution in [0.25, 0.3) is 0 Å². The summed E-state index contributed by atoms with van der Waals surface area (Å²) in [6.07, 6.45) is 7.56. The van der Waals surface area contributed by atoms with Crippen molar-refractivity contribution in [3.05, 3.63) is 59.2 Å². The van der Waals surface area contributed by atoms with Crippen molar-refractivity contribution >= 4 is 35.6 Å². The Balaban J connectivity index is 0. The number of ketones is 2. The average molecular weight is 582 g/mol. The maximum atomic E-state index is 12.2. The molecule has 1 atom stereocenters. The Morgan fingerprint density at radius 2 is 1.45 bits per heavy atom. The summed E-state index contributed by atoms with van der Waals surface area (Å²) >= 11 is 0. The molecule has 2 N–H and O–H groups in total. The summed E-state index contributed by atoms with van der Waals surface area (Å²) in [6.45, 7) is 21.8. The molecular weight excluding hydrogens is 522 g/mol. The van der Waals surface area contributed by atoms with E-state index < -0.39 is 0 Å². The van der Waals surface area contributed by atoms with Crippen molar-refractivity contribution in [2.45, 2.75) is 114 Å². The molecule has 0 aliphatic heterocycles. The summed E-state index contributed by atoms with van der Waals surface area (Å²) < 4.78 is 0. The Bertz CT molecular complexity index is 1020. The summed E-state index contributed by atoms with van der Waals surface area (Å²) in [4.78, 5) is 36.8. The van der Waals surface area contributed by atoms with Crippen LogP contribution in [0.3, 0.4) is 0 Å². The molecule has 0 saturated heterocycles. The van der Waals surface area contributed by atoms with Gasteiger partial charge in [0.1, 0.15) is 11.6 Å². The number of carbonyl (C=O) groups excluding carboxylic acids is 3. The van der Waals surface area contributed by atoms with E-state index in [9.17, 15) is 14.4 Å². The highest BCUT2D eigenvalue weighted by atomic mass is 16.2. The van der Waals surface area contributed by atoms with Crippen LogP contribution in [0.4, 0.5) is 11.4 Å². The summed E-state index contributed by atoms with van der Waals surface area (Å²) in [5.74, 6) is 0.725. The fourth-order valence-electron chi connectivity index (χ4n) is 4.10. The number of amides is 1. The van der Waals surface area contributed by atoms with Gasteiger partial charge in [0, 0.05) is 24.6 Å². The van der Waals surface area contributed by atoms with E-state index in [1.165, 1.54) is 57.6 Å². The van der Waals surface area contributed by atoms with E-state index >= 15 is 0 Å². The van der Waals surface area contributed by atoms with Crippen molar-refractivity contribution in [1.82, 2.24) is 5.32 Å². The van der Waals surface area contributed by atoms with E-state index in [0.717, 1.165) is 23.6 Å². The van der Waals surface area contributed by atoms with Gasteiger partial charge < -0.3 is 20.2 Å². The lowest BCUT2D eigenvalue weighted by atomic mass is 9.99. The van der Waals surface area contributed by atoms with Crippen LogP contribution >= 0.6 is 0 Å². The highest BCUT2D eigenvalue weighted by molar-refractivity contribution is 5.95. The molecule has 0 aromatic heterocycles. The number of hydrogen-bond acceptors (Lipinski definition) is 5. The molecule has 2 aromatic rings. The molecule has 6 nitrogen and oxygen atoms in total. The molecule has 42 heavy (non-hydrogen) atoms. The second-order valence-corrected chi connectivity index (χ2v) is 11.0. The third kappa shape index (κ3) is 21.6. The Morgan fingerprint density at radius 3 is 1.86 bits per heavy atom. The zero-order valence-electron chi connectivity index (χ0n) is 28.2. The van der Waals surface area contributed by atoms with Crippen molar-refractivity contribution in [2.24, 2.45) is 16.8 Å². The molecule has 0 spiro atoms. The number of rotatable bonds is 13. The maximum absolute atomic E-state index is 12.2. The van der Waals surface area contributed by atoms with Gasteiger partial charge in [-0.2, -0.15) is 0 Å². The third-order valence-electron chi connectivity index (χ3n) is 6.38. The van der Waals surface area contributed by atoms with Crippen molar-refractivity contribution < 1.29 is 14.4 Å². The summed E-state index contributed by atoms with van der Waals surface area (Å²) in [5, 5.41) is 5.90. The molecular formula is C36H59N3O3. The van der Waals surface area contributed by atoms with Gasteiger partial charge in [-0.05, 0) is 83.5 Å². The summed E-state index contributed by atoms with van der Waals surface area (Å²) in [6, 6.07) is 14.2. The predicted molar refractivity (Wildman–Crippen MR) is 182 cm³/mol. The highest BCUT2D eigenvalue weighted by Crippen LogP contribution is 2.24. The van der Waals surface area contributed by atoms with Crippen LogP contribution in [-0.4, -0.2) is 31.2 Å². The molecule has 2 rings (SSSR count). The van der Waals surface area contributed by atoms with Crippen molar-refractivity contribution in [3.8, 4) is 0 Å². The smallest absolute Gasteiger partial charge is 0.227 e. The van der Waals surface area contributed by atoms with Crippen LogP contribution in [0, 0.1) is 18.8 Å². The van der Waals surface area contributed by atoms with Gasteiger partial charge >= 0.3 is 0 Å². The molecule has 6 heteroatoms. The van der Waals surface area contributed by atoms with Gasteiger partial charge in [0.05, 0.1) is 5.69 Å². The molecule has 1 unspecified atom stereocenters. The maximum Gasteiger partial charge on any atom is 0.227 e. The SMILES string of the molecule is C=Nc1cc(NC(=O)C(CC)CC(C)=O)ccc1CNC.CC(C)=O.CCCC(C)CCC.CCc1ccc(C)cc1. The van der Waals surface area contributed by atoms with Crippen LogP contribution in [0.2, 0.25) is 0 Å². The number of nitrogens with one attached hydrogen (secondary N) is 2. The van der Waals surface area contributed by atoms with Crippen LogP contribution < -0.4 is 10.6 Å². The topological polar surface area (TPSA) is 87.6 Å². The number of aliphatic imine (C=N–C) groups is 1. The molecule has 1 amide bonds. The minimum atomic E-state index is -0.292. The first-order valence-electron chi connectivity index (χ1n) is 15.5. The largest absolute Gasteiger partial charge is 0.326 e. The number of Topliss-reactive ketones (excluding diaryl/α,β-unsaturated/α-hetero) is 2. The molecule has 236 valence electrons. The normalized spacial score (nSPS) is 10.5. The minimum absolute atomic E-state index is 0.0230. The van der Waals surface area contributed by atoms with Gasteiger partial charge in [0.25, 0.3) is 0 Å². The first-order chi connectivity index (χ1) is 19.9. The molecule has 0 bridgehead atoms. The van der Waals surface area contributed by atoms with Gasteiger partial charge in [0.15, 0.2) is 0 Å². The second-order valence-electron chi connectivity index (χ2n) is 11.0. The lowest BCUT2D eigenvalue weighted by molar-refractivity contribution is -0.125. The Labute approximate surface area is 257 Å². The first kappa shape index (κ1) is 41.0.